The molecule has 1 aliphatic rings. The van der Waals surface area contributed by atoms with Gasteiger partial charge in [-0.2, -0.15) is 0 Å². The average Bonchev–Trinajstić information content (AvgIpc) is 2.63. The number of piperidine rings is 1. The van der Waals surface area contributed by atoms with Crippen LogP contribution in [-0.2, 0) is 4.79 Å². The van der Waals surface area contributed by atoms with E-state index in [1.165, 1.54) is 5.56 Å². The van der Waals surface area contributed by atoms with Crippen LogP contribution in [0.3, 0.4) is 0 Å². The molecule has 0 aromatic heterocycles. The van der Waals surface area contributed by atoms with Crippen LogP contribution in [0, 0.1) is 5.92 Å². The highest BCUT2D eigenvalue weighted by atomic mass is 79.9. The van der Waals surface area contributed by atoms with E-state index >= 15 is 0 Å². The van der Waals surface area contributed by atoms with Crippen molar-refractivity contribution in [1.29, 1.82) is 0 Å². The smallest absolute Gasteiger partial charge is 0.306 e. The highest BCUT2D eigenvalue weighted by Crippen LogP contribution is 2.34. The van der Waals surface area contributed by atoms with E-state index in [0.717, 1.165) is 28.9 Å². The van der Waals surface area contributed by atoms with Gasteiger partial charge in [0.15, 0.2) is 0 Å². The molecule has 0 saturated carbocycles. The number of halogens is 1. The van der Waals surface area contributed by atoms with Gasteiger partial charge in [-0.1, -0.05) is 40.2 Å². The van der Waals surface area contributed by atoms with E-state index in [4.69, 9.17) is 4.74 Å². The molecule has 2 aromatic carbocycles. The molecule has 1 heterocycles. The summed E-state index contributed by atoms with van der Waals surface area (Å²) in [5.74, 6) is -0.0809. The number of carbonyl (C=O) groups is 1. The van der Waals surface area contributed by atoms with E-state index in [0.29, 0.717) is 12.8 Å². The maximum absolute atomic E-state index is 11.3. The summed E-state index contributed by atoms with van der Waals surface area (Å²) in [7, 11) is 1.67. The van der Waals surface area contributed by atoms with Crippen molar-refractivity contribution in [2.75, 3.05) is 20.2 Å². The number of hydrogen-bond acceptors (Lipinski definition) is 3. The fourth-order valence-electron chi connectivity index (χ4n) is 3.51. The second kappa shape index (κ2) is 8.02. The van der Waals surface area contributed by atoms with Gasteiger partial charge in [-0.15, -0.1) is 0 Å². The van der Waals surface area contributed by atoms with Crippen molar-refractivity contribution in [3.8, 4) is 5.75 Å². The quantitative estimate of drug-likeness (QED) is 0.806. The minimum Gasteiger partial charge on any atom is -0.497 e. The van der Waals surface area contributed by atoms with E-state index in [1.54, 1.807) is 7.11 Å². The van der Waals surface area contributed by atoms with E-state index in [2.05, 4.69) is 45.1 Å². The molecule has 0 bridgehead atoms. The maximum Gasteiger partial charge on any atom is 0.306 e. The molecule has 1 atom stereocenters. The number of rotatable bonds is 5. The third-order valence-electron chi connectivity index (χ3n) is 4.82. The van der Waals surface area contributed by atoms with Crippen molar-refractivity contribution >= 4 is 21.9 Å². The number of hydrogen-bond donors (Lipinski definition) is 1. The Morgan fingerprint density at radius 2 is 1.80 bits per heavy atom. The normalized spacial score (nSPS) is 17.2. The van der Waals surface area contributed by atoms with Crippen LogP contribution in [0.15, 0.2) is 53.0 Å². The third-order valence-corrected chi connectivity index (χ3v) is 5.31. The zero-order chi connectivity index (χ0) is 17.8. The lowest BCUT2D eigenvalue weighted by Crippen LogP contribution is -2.39. The molecule has 0 aliphatic carbocycles. The number of nitrogens with zero attached hydrogens (tertiary/aromatic N) is 1. The Bertz CT molecular complexity index is 741. The third kappa shape index (κ3) is 4.22. The van der Waals surface area contributed by atoms with Crippen molar-refractivity contribution in [1.82, 2.24) is 4.90 Å². The number of ether oxygens (including phenoxy) is 1. The Kier molecular flexibility index (Phi) is 5.76. The fraction of sp³-hybridized carbons (Fsp3) is 0.350. The van der Waals surface area contributed by atoms with Crippen LogP contribution in [0.2, 0.25) is 0 Å². The Morgan fingerprint density at radius 1 is 1.16 bits per heavy atom. The maximum atomic E-state index is 11.3. The van der Waals surface area contributed by atoms with Gasteiger partial charge in [0, 0.05) is 4.47 Å². The Labute approximate surface area is 156 Å². The minimum atomic E-state index is -0.681. The second-order valence-corrected chi connectivity index (χ2v) is 7.30. The number of likely N-dealkylation sites (tertiary alicyclic amines) is 1. The number of carboxylic acid groups (broad SMARTS) is 1. The molecule has 4 nitrogen and oxygen atoms in total. The van der Waals surface area contributed by atoms with Crippen molar-refractivity contribution in [3.05, 3.63) is 64.1 Å². The fourth-order valence-corrected chi connectivity index (χ4v) is 3.92. The molecule has 3 rings (SSSR count). The van der Waals surface area contributed by atoms with Crippen molar-refractivity contribution in [3.63, 3.8) is 0 Å². The molecule has 5 heteroatoms. The lowest BCUT2D eigenvalue weighted by Gasteiger charge is -2.37. The number of aliphatic carboxylic acids is 1. The van der Waals surface area contributed by atoms with Crippen LogP contribution in [0.25, 0.3) is 0 Å². The first-order valence-corrected chi connectivity index (χ1v) is 9.24. The predicted molar refractivity (Wildman–Crippen MR) is 101 cm³/mol. The van der Waals surface area contributed by atoms with Gasteiger partial charge in [-0.3, -0.25) is 9.69 Å². The first-order chi connectivity index (χ1) is 12.1. The Hall–Kier alpha value is -1.85. The molecule has 132 valence electrons. The molecular weight excluding hydrogens is 382 g/mol. The van der Waals surface area contributed by atoms with Crippen LogP contribution < -0.4 is 4.74 Å². The van der Waals surface area contributed by atoms with E-state index in [1.807, 2.05) is 24.3 Å². The number of methoxy groups -OCH3 is 1. The van der Waals surface area contributed by atoms with Crippen LogP contribution in [0.1, 0.15) is 30.0 Å². The van der Waals surface area contributed by atoms with E-state index in [9.17, 15) is 9.90 Å². The van der Waals surface area contributed by atoms with E-state index < -0.39 is 5.97 Å². The summed E-state index contributed by atoms with van der Waals surface area (Å²) in [5.41, 5.74) is 2.35. The molecule has 0 amide bonds. The van der Waals surface area contributed by atoms with Crippen molar-refractivity contribution < 1.29 is 14.6 Å². The van der Waals surface area contributed by atoms with Gasteiger partial charge < -0.3 is 9.84 Å². The first kappa shape index (κ1) is 18.0. The molecule has 25 heavy (non-hydrogen) atoms. The molecule has 1 saturated heterocycles. The first-order valence-electron chi connectivity index (χ1n) is 8.44. The summed E-state index contributed by atoms with van der Waals surface area (Å²) in [6.45, 7) is 1.54. The standard InChI is InChI=1S/C20H22BrNO3/c1-25-18-7-3-5-16(13-18)19(15-4-2-6-17(21)12-15)22-10-8-14(9-11-22)20(23)24/h2-7,12-14,19H,8-11H2,1H3,(H,23,24). The van der Waals surface area contributed by atoms with Gasteiger partial charge in [0.1, 0.15) is 5.75 Å². The summed E-state index contributed by atoms with van der Waals surface area (Å²) in [4.78, 5) is 13.6. The van der Waals surface area contributed by atoms with Gasteiger partial charge in [-0.25, -0.2) is 0 Å². The number of benzene rings is 2. The molecular formula is C20H22BrNO3. The van der Waals surface area contributed by atoms with Gasteiger partial charge in [-0.05, 0) is 61.3 Å². The molecule has 0 radical (unpaired) electrons. The largest absolute Gasteiger partial charge is 0.497 e. The summed E-state index contributed by atoms with van der Waals surface area (Å²) in [6, 6.07) is 16.5. The highest BCUT2D eigenvalue weighted by Gasteiger charge is 2.30. The topological polar surface area (TPSA) is 49.8 Å². The predicted octanol–water partition coefficient (Wildman–Crippen LogP) is 4.34. The van der Waals surface area contributed by atoms with Crippen LogP contribution >= 0.6 is 15.9 Å². The monoisotopic (exact) mass is 403 g/mol. The van der Waals surface area contributed by atoms with Crippen molar-refractivity contribution in [2.24, 2.45) is 5.92 Å². The Balaban J connectivity index is 1.93. The summed E-state index contributed by atoms with van der Waals surface area (Å²) < 4.78 is 6.44. The molecule has 1 unspecified atom stereocenters. The number of carboxylic acids is 1. The van der Waals surface area contributed by atoms with Gasteiger partial charge in [0.2, 0.25) is 0 Å². The summed E-state index contributed by atoms with van der Waals surface area (Å²) in [5, 5.41) is 9.26. The summed E-state index contributed by atoms with van der Waals surface area (Å²) >= 11 is 3.56. The highest BCUT2D eigenvalue weighted by molar-refractivity contribution is 9.10. The SMILES string of the molecule is COc1cccc(C(c2cccc(Br)c2)N2CCC(C(=O)O)CC2)c1. The van der Waals surface area contributed by atoms with Crippen molar-refractivity contribution in [2.45, 2.75) is 18.9 Å². The summed E-state index contributed by atoms with van der Waals surface area (Å²) in [6.07, 6.45) is 1.37. The van der Waals surface area contributed by atoms with Gasteiger partial charge in [0.05, 0.1) is 19.1 Å². The Morgan fingerprint density at radius 3 is 2.40 bits per heavy atom. The minimum absolute atomic E-state index is 0.0855. The van der Waals surface area contributed by atoms with Crippen LogP contribution in [0.5, 0.6) is 5.75 Å². The molecule has 1 aliphatic heterocycles. The zero-order valence-corrected chi connectivity index (χ0v) is 15.8. The second-order valence-electron chi connectivity index (χ2n) is 6.38. The van der Waals surface area contributed by atoms with Gasteiger partial charge >= 0.3 is 5.97 Å². The lowest BCUT2D eigenvalue weighted by atomic mass is 9.91. The average molecular weight is 404 g/mol. The lowest BCUT2D eigenvalue weighted by molar-refractivity contribution is -0.143. The molecule has 1 N–H and O–H groups in total. The van der Waals surface area contributed by atoms with Crippen LogP contribution in [-0.4, -0.2) is 36.2 Å². The van der Waals surface area contributed by atoms with Crippen LogP contribution in [0.4, 0.5) is 0 Å². The van der Waals surface area contributed by atoms with Gasteiger partial charge in [0.25, 0.3) is 0 Å². The molecule has 1 fully saturated rings. The van der Waals surface area contributed by atoms with E-state index in [-0.39, 0.29) is 12.0 Å². The molecule has 0 spiro atoms. The zero-order valence-electron chi connectivity index (χ0n) is 14.2. The molecule has 2 aromatic rings.